The summed E-state index contributed by atoms with van der Waals surface area (Å²) >= 11 is 0. The van der Waals surface area contributed by atoms with Crippen LogP contribution < -0.4 is 5.56 Å². The van der Waals surface area contributed by atoms with Gasteiger partial charge in [-0.25, -0.2) is 0 Å². The Balaban J connectivity index is 1.93. The van der Waals surface area contributed by atoms with Gasteiger partial charge in [-0.05, 0) is 31.9 Å². The summed E-state index contributed by atoms with van der Waals surface area (Å²) in [6.45, 7) is 2.01. The fourth-order valence-electron chi connectivity index (χ4n) is 1.93. The minimum Gasteiger partial charge on any atom is -0.337 e. The zero-order valence-electron chi connectivity index (χ0n) is 10.5. The molecule has 0 N–H and O–H groups in total. The molecule has 0 atom stereocenters. The van der Waals surface area contributed by atoms with Gasteiger partial charge in [-0.2, -0.15) is 10.2 Å². The molecule has 19 heavy (non-hydrogen) atoms. The first-order valence-electron chi connectivity index (χ1n) is 6.12. The zero-order chi connectivity index (χ0) is 13.4. The monoisotopic (exact) mass is 256 g/mol. The van der Waals surface area contributed by atoms with Crippen LogP contribution in [0.3, 0.4) is 0 Å². The lowest BCUT2D eigenvalue weighted by atomic mass is 10.2. The van der Waals surface area contributed by atoms with Crippen LogP contribution >= 0.6 is 0 Å². The molecule has 0 amide bonds. The second-order valence-corrected chi connectivity index (χ2v) is 4.71. The molecule has 1 fully saturated rings. The highest BCUT2D eigenvalue weighted by molar-refractivity contribution is 5.27. The lowest BCUT2D eigenvalue weighted by Crippen LogP contribution is -2.25. The van der Waals surface area contributed by atoms with Crippen molar-refractivity contribution < 1.29 is 4.52 Å². The van der Waals surface area contributed by atoms with Gasteiger partial charge in [0.1, 0.15) is 18.2 Å². The molecule has 3 rings (SSSR count). The van der Waals surface area contributed by atoms with Crippen molar-refractivity contribution in [2.75, 3.05) is 0 Å². The summed E-state index contributed by atoms with van der Waals surface area (Å²) in [5.41, 5.74) is 0.552. The summed E-state index contributed by atoms with van der Waals surface area (Å²) in [6.07, 6.45) is 2.20. The maximum Gasteiger partial charge on any atom is 0.269 e. The Morgan fingerprint density at radius 3 is 3.00 bits per heavy atom. The molecule has 2 heterocycles. The highest BCUT2D eigenvalue weighted by Crippen LogP contribution is 2.38. The van der Waals surface area contributed by atoms with Gasteiger partial charge in [-0.15, -0.1) is 0 Å². The van der Waals surface area contributed by atoms with Crippen molar-refractivity contribution in [3.05, 3.63) is 45.5 Å². The maximum atomic E-state index is 12.0. The number of hydrogen-bond acceptors (Lipinski definition) is 5. The minimum atomic E-state index is -0.325. The van der Waals surface area contributed by atoms with E-state index in [4.69, 9.17) is 9.78 Å². The number of nitriles is 1. The third-order valence-electron chi connectivity index (χ3n) is 3.23. The van der Waals surface area contributed by atoms with Gasteiger partial charge in [0, 0.05) is 11.6 Å². The second-order valence-electron chi connectivity index (χ2n) is 4.71. The highest BCUT2D eigenvalue weighted by Gasteiger charge is 2.28. The molecule has 2 aromatic rings. The number of hydrogen-bond donors (Lipinski definition) is 0. The first-order valence-corrected chi connectivity index (χ1v) is 6.12. The van der Waals surface area contributed by atoms with Crippen LogP contribution in [0.15, 0.2) is 21.5 Å². The summed E-state index contributed by atoms with van der Waals surface area (Å²) < 4.78 is 6.62. The summed E-state index contributed by atoms with van der Waals surface area (Å²) in [4.78, 5) is 16.3. The van der Waals surface area contributed by atoms with Crippen LogP contribution in [-0.2, 0) is 6.54 Å². The van der Waals surface area contributed by atoms with Crippen molar-refractivity contribution in [2.45, 2.75) is 32.2 Å². The predicted octanol–water partition coefficient (Wildman–Crippen LogP) is 1.34. The van der Waals surface area contributed by atoms with Gasteiger partial charge < -0.3 is 9.09 Å². The third kappa shape index (κ3) is 2.15. The normalized spacial score (nSPS) is 14.3. The Hall–Kier alpha value is -2.42. The first-order chi connectivity index (χ1) is 9.19. The van der Waals surface area contributed by atoms with Crippen molar-refractivity contribution in [1.82, 2.24) is 14.7 Å². The molecular formula is C13H12N4O2. The highest BCUT2D eigenvalue weighted by atomic mass is 16.5. The van der Waals surface area contributed by atoms with E-state index in [9.17, 15) is 4.79 Å². The fourth-order valence-corrected chi connectivity index (χ4v) is 1.93. The summed E-state index contributed by atoms with van der Waals surface area (Å²) in [7, 11) is 0. The standard InChI is InChI=1S/C13H12N4O2/c1-8-2-3-10(6-14)13(18)17(8)7-11-15-12(16-19-11)9-4-5-9/h2-3,9H,4-5,7H2,1H3. The lowest BCUT2D eigenvalue weighted by Gasteiger charge is -2.06. The smallest absolute Gasteiger partial charge is 0.269 e. The molecule has 0 spiro atoms. The van der Waals surface area contributed by atoms with Crippen LogP contribution in [0.25, 0.3) is 0 Å². The number of nitrogens with zero attached hydrogens (tertiary/aromatic N) is 4. The molecule has 1 aliphatic rings. The van der Waals surface area contributed by atoms with Crippen LogP contribution in [0.1, 0.15) is 41.7 Å². The topological polar surface area (TPSA) is 84.7 Å². The van der Waals surface area contributed by atoms with E-state index in [0.29, 0.717) is 11.8 Å². The van der Waals surface area contributed by atoms with E-state index in [1.807, 2.05) is 6.07 Å². The van der Waals surface area contributed by atoms with Crippen LogP contribution in [0.4, 0.5) is 0 Å². The minimum absolute atomic E-state index is 0.118. The molecule has 6 heteroatoms. The van der Waals surface area contributed by atoms with Gasteiger partial charge in [-0.3, -0.25) is 4.79 Å². The number of aryl methyl sites for hydroxylation is 1. The fraction of sp³-hybridized carbons (Fsp3) is 0.385. The van der Waals surface area contributed by atoms with Gasteiger partial charge in [0.15, 0.2) is 5.82 Å². The number of aromatic nitrogens is 3. The molecule has 0 radical (unpaired) electrons. The molecule has 1 aliphatic carbocycles. The SMILES string of the molecule is Cc1ccc(C#N)c(=O)n1Cc1nc(C2CC2)no1. The van der Waals surface area contributed by atoms with Crippen molar-refractivity contribution in [1.29, 1.82) is 5.26 Å². The van der Waals surface area contributed by atoms with Gasteiger partial charge in [-0.1, -0.05) is 5.16 Å². The van der Waals surface area contributed by atoms with Crippen molar-refractivity contribution in [3.8, 4) is 6.07 Å². The molecule has 0 aromatic carbocycles. The molecule has 96 valence electrons. The molecule has 0 bridgehead atoms. The van der Waals surface area contributed by atoms with Crippen LogP contribution in [-0.4, -0.2) is 14.7 Å². The Labute approximate surface area is 109 Å². The number of pyridine rings is 1. The molecular weight excluding hydrogens is 244 g/mol. The van der Waals surface area contributed by atoms with Gasteiger partial charge in [0.2, 0.25) is 5.89 Å². The van der Waals surface area contributed by atoms with Crippen LogP contribution in [0.5, 0.6) is 0 Å². The zero-order valence-corrected chi connectivity index (χ0v) is 10.5. The third-order valence-corrected chi connectivity index (χ3v) is 3.23. The maximum absolute atomic E-state index is 12.0. The van der Waals surface area contributed by atoms with E-state index in [0.717, 1.165) is 24.4 Å². The van der Waals surface area contributed by atoms with Gasteiger partial charge in [0.05, 0.1) is 0 Å². The summed E-state index contributed by atoms with van der Waals surface area (Å²) in [6, 6.07) is 5.14. The molecule has 0 unspecified atom stereocenters. The van der Waals surface area contributed by atoms with E-state index < -0.39 is 0 Å². The van der Waals surface area contributed by atoms with Crippen molar-refractivity contribution in [2.24, 2.45) is 0 Å². The van der Waals surface area contributed by atoms with Gasteiger partial charge in [0.25, 0.3) is 5.56 Å². The number of rotatable bonds is 3. The van der Waals surface area contributed by atoms with E-state index >= 15 is 0 Å². The summed E-state index contributed by atoms with van der Waals surface area (Å²) in [5, 5.41) is 12.8. The summed E-state index contributed by atoms with van der Waals surface area (Å²) in [5.74, 6) is 1.54. The molecule has 6 nitrogen and oxygen atoms in total. The molecule has 2 aromatic heterocycles. The molecule has 0 aliphatic heterocycles. The van der Waals surface area contributed by atoms with Crippen molar-refractivity contribution >= 4 is 0 Å². The Morgan fingerprint density at radius 2 is 2.32 bits per heavy atom. The van der Waals surface area contributed by atoms with E-state index in [2.05, 4.69) is 10.1 Å². The lowest BCUT2D eigenvalue weighted by molar-refractivity contribution is 0.364. The van der Waals surface area contributed by atoms with E-state index in [1.54, 1.807) is 13.0 Å². The Bertz CT molecular complexity index is 719. The average molecular weight is 256 g/mol. The van der Waals surface area contributed by atoms with Crippen molar-refractivity contribution in [3.63, 3.8) is 0 Å². The van der Waals surface area contributed by atoms with E-state index in [-0.39, 0.29) is 17.7 Å². The molecule has 1 saturated carbocycles. The molecule has 0 saturated heterocycles. The quantitative estimate of drug-likeness (QED) is 0.827. The van der Waals surface area contributed by atoms with Gasteiger partial charge >= 0.3 is 0 Å². The Morgan fingerprint density at radius 1 is 1.53 bits per heavy atom. The Kier molecular flexibility index (Phi) is 2.67. The van der Waals surface area contributed by atoms with E-state index in [1.165, 1.54) is 10.6 Å². The first kappa shape index (κ1) is 11.7. The predicted molar refractivity (Wildman–Crippen MR) is 65.5 cm³/mol. The average Bonchev–Trinajstić information content (AvgIpc) is 3.15. The van der Waals surface area contributed by atoms with Crippen LogP contribution in [0.2, 0.25) is 0 Å². The largest absolute Gasteiger partial charge is 0.337 e. The van der Waals surface area contributed by atoms with Crippen LogP contribution in [0, 0.1) is 18.3 Å². The second kappa shape index (κ2) is 4.35.